The maximum absolute atomic E-state index is 2.65. The second-order valence-electron chi connectivity index (χ2n) is 22.1. The van der Waals surface area contributed by atoms with Gasteiger partial charge in [-0.1, -0.05) is 205 Å². The number of hydrogen-bond donors (Lipinski definition) is 0. The SMILES string of the molecule is CC(C)(C)c1cc(-c2ccccc2N2c3cc4c5ccccc5n(-c5ccccc5)c4cc3B3c4c2cc(-c2ccccc2)cc4-n2c4ccccc4c4ccc(-c5ccccc5)c3c42)cc(C(C)(C)C)c1. The van der Waals surface area contributed by atoms with E-state index in [0.717, 1.165) is 11.4 Å². The summed E-state index contributed by atoms with van der Waals surface area (Å²) >= 11 is 0. The fourth-order valence-electron chi connectivity index (χ4n) is 12.3. The highest BCUT2D eigenvalue weighted by molar-refractivity contribution is 7.01. The Morgan fingerprint density at radius 2 is 0.903 bits per heavy atom. The van der Waals surface area contributed by atoms with Gasteiger partial charge in [-0.15, -0.1) is 0 Å². The van der Waals surface area contributed by atoms with Crippen LogP contribution in [0.15, 0.2) is 218 Å². The summed E-state index contributed by atoms with van der Waals surface area (Å²) in [6.45, 7) is 13.9. The van der Waals surface area contributed by atoms with Crippen molar-refractivity contribution in [3.05, 3.63) is 230 Å². The van der Waals surface area contributed by atoms with Crippen molar-refractivity contribution in [3.63, 3.8) is 0 Å². The third-order valence-electron chi connectivity index (χ3n) is 15.8. The first kappa shape index (κ1) is 42.5. The van der Waals surface area contributed by atoms with Crippen LogP contribution in [0.4, 0.5) is 17.1 Å². The van der Waals surface area contributed by atoms with Gasteiger partial charge in [0.25, 0.3) is 6.71 Å². The second kappa shape index (κ2) is 15.6. The monoisotopic (exact) mass is 923 g/mol. The van der Waals surface area contributed by atoms with E-state index < -0.39 is 0 Å². The quantitative estimate of drug-likeness (QED) is 0.157. The van der Waals surface area contributed by atoms with Gasteiger partial charge in [0, 0.05) is 55.4 Å². The molecular weight excluding hydrogens is 870 g/mol. The third kappa shape index (κ3) is 6.31. The van der Waals surface area contributed by atoms with Gasteiger partial charge < -0.3 is 14.0 Å². The summed E-state index contributed by atoms with van der Waals surface area (Å²) in [5.74, 6) is 0. The van der Waals surface area contributed by atoms with Crippen LogP contribution >= 0.6 is 0 Å². The van der Waals surface area contributed by atoms with Crippen molar-refractivity contribution in [1.29, 1.82) is 0 Å². The minimum atomic E-state index is -0.114. The highest BCUT2D eigenvalue weighted by atomic mass is 15.2. The minimum absolute atomic E-state index is 0.0493. The lowest BCUT2D eigenvalue weighted by Gasteiger charge is -2.42. The van der Waals surface area contributed by atoms with E-state index in [9.17, 15) is 0 Å². The Morgan fingerprint density at radius 3 is 1.58 bits per heavy atom. The Kier molecular flexibility index (Phi) is 9.21. The molecule has 0 saturated heterocycles. The second-order valence-corrected chi connectivity index (χ2v) is 22.1. The summed E-state index contributed by atoms with van der Waals surface area (Å²) in [6, 6.07) is 82.5. The van der Waals surface area contributed by atoms with Crippen LogP contribution in [0.2, 0.25) is 0 Å². The van der Waals surface area contributed by atoms with Gasteiger partial charge in [-0.25, -0.2) is 0 Å². The molecule has 0 N–H and O–H groups in total. The van der Waals surface area contributed by atoms with Gasteiger partial charge in [-0.3, -0.25) is 0 Å². The van der Waals surface area contributed by atoms with E-state index in [0.29, 0.717) is 0 Å². The van der Waals surface area contributed by atoms with Crippen molar-refractivity contribution < 1.29 is 0 Å². The molecule has 2 aliphatic heterocycles. The molecule has 14 rings (SSSR count). The molecule has 12 aromatic rings. The number of rotatable bonds is 5. The summed E-state index contributed by atoms with van der Waals surface area (Å²) in [7, 11) is 0. The van der Waals surface area contributed by atoms with Gasteiger partial charge >= 0.3 is 0 Å². The molecule has 72 heavy (non-hydrogen) atoms. The van der Waals surface area contributed by atoms with Crippen LogP contribution < -0.4 is 21.3 Å². The fraction of sp³-hybridized carbons (Fsp3) is 0.118. The molecule has 3 nitrogen and oxygen atoms in total. The van der Waals surface area contributed by atoms with E-state index in [1.54, 1.807) is 0 Å². The zero-order valence-corrected chi connectivity index (χ0v) is 41.7. The van der Waals surface area contributed by atoms with Crippen molar-refractivity contribution in [2.24, 2.45) is 0 Å². The molecule has 0 atom stereocenters. The Labute approximate surface area is 422 Å². The Bertz CT molecular complexity index is 4130. The largest absolute Gasteiger partial charge is 0.311 e. The van der Waals surface area contributed by atoms with Crippen molar-refractivity contribution in [2.75, 3.05) is 4.90 Å². The molecule has 0 saturated carbocycles. The fourth-order valence-corrected chi connectivity index (χ4v) is 12.3. The molecule has 344 valence electrons. The average Bonchev–Trinajstić information content (AvgIpc) is 3.92. The molecule has 0 radical (unpaired) electrons. The van der Waals surface area contributed by atoms with Gasteiger partial charge in [0.2, 0.25) is 0 Å². The number of hydrogen-bond acceptors (Lipinski definition) is 1. The average molecular weight is 924 g/mol. The number of anilines is 3. The molecule has 0 spiro atoms. The van der Waals surface area contributed by atoms with Crippen molar-refractivity contribution in [3.8, 4) is 44.8 Å². The number of aromatic nitrogens is 2. The lowest BCUT2D eigenvalue weighted by atomic mass is 9.33. The molecule has 0 bridgehead atoms. The topological polar surface area (TPSA) is 13.1 Å². The minimum Gasteiger partial charge on any atom is -0.311 e. The number of benzene rings is 10. The van der Waals surface area contributed by atoms with Crippen LogP contribution in [0.5, 0.6) is 0 Å². The lowest BCUT2D eigenvalue weighted by Crippen LogP contribution is -2.61. The van der Waals surface area contributed by atoms with Crippen LogP contribution in [-0.4, -0.2) is 15.8 Å². The molecule has 4 heterocycles. The Morgan fingerprint density at radius 1 is 0.333 bits per heavy atom. The van der Waals surface area contributed by atoms with Crippen LogP contribution in [0.1, 0.15) is 52.7 Å². The highest BCUT2D eigenvalue weighted by Crippen LogP contribution is 2.49. The van der Waals surface area contributed by atoms with Gasteiger partial charge in [0.15, 0.2) is 0 Å². The molecule has 0 amide bonds. The molecule has 10 aromatic carbocycles. The predicted octanol–water partition coefficient (Wildman–Crippen LogP) is 16.1. The van der Waals surface area contributed by atoms with Crippen LogP contribution in [0, 0.1) is 0 Å². The highest BCUT2D eigenvalue weighted by Gasteiger charge is 2.45. The standard InChI is InChI=1S/C68H54BN3/c1-67(2,3)47-36-46(37-48(40-47)68(4,5)6)50-28-16-19-31-57(50)71-61-41-55-53-30-18-20-32-58(53)70(49-26-14-9-15-27-49)60(55)42-56(61)69-64-51(44-24-12-8-13-25-44)34-35-54-52-29-17-21-33-59(52)72(66(54)64)63-39-45(38-62(71)65(63)69)43-22-10-7-11-23-43/h7-42H,1-6H3. The molecule has 0 fully saturated rings. The first-order valence-corrected chi connectivity index (χ1v) is 25.5. The molecule has 0 aliphatic carbocycles. The van der Waals surface area contributed by atoms with Crippen molar-refractivity contribution in [2.45, 2.75) is 52.4 Å². The van der Waals surface area contributed by atoms with Gasteiger partial charge in [-0.2, -0.15) is 0 Å². The normalized spacial score (nSPS) is 13.1. The molecule has 2 aromatic heterocycles. The summed E-state index contributed by atoms with van der Waals surface area (Å²) in [4.78, 5) is 2.65. The van der Waals surface area contributed by atoms with E-state index in [1.165, 1.54) is 122 Å². The number of para-hydroxylation sites is 4. The maximum atomic E-state index is 2.65. The van der Waals surface area contributed by atoms with E-state index in [1.807, 2.05) is 0 Å². The zero-order chi connectivity index (χ0) is 48.6. The third-order valence-corrected chi connectivity index (χ3v) is 15.8. The van der Waals surface area contributed by atoms with Gasteiger partial charge in [-0.05, 0) is 121 Å². The molecule has 0 unspecified atom stereocenters. The van der Waals surface area contributed by atoms with E-state index >= 15 is 0 Å². The Hall–Kier alpha value is -8.34. The maximum Gasteiger partial charge on any atom is 0.253 e. The van der Waals surface area contributed by atoms with Gasteiger partial charge in [0.1, 0.15) is 0 Å². The predicted molar refractivity (Wildman–Crippen MR) is 308 cm³/mol. The summed E-state index contributed by atoms with van der Waals surface area (Å²) in [5.41, 5.74) is 24.7. The summed E-state index contributed by atoms with van der Waals surface area (Å²) in [5, 5.41) is 5.01. The van der Waals surface area contributed by atoms with Crippen LogP contribution in [0.25, 0.3) is 88.4 Å². The smallest absolute Gasteiger partial charge is 0.253 e. The lowest BCUT2D eigenvalue weighted by molar-refractivity contribution is 0.569. The molecule has 2 aliphatic rings. The van der Waals surface area contributed by atoms with E-state index in [2.05, 4.69) is 274 Å². The Balaban J connectivity index is 1.19. The van der Waals surface area contributed by atoms with E-state index in [4.69, 9.17) is 0 Å². The number of fused-ring (bicyclic) bond motifs is 10. The van der Waals surface area contributed by atoms with Crippen molar-refractivity contribution >= 4 is 83.8 Å². The van der Waals surface area contributed by atoms with Crippen LogP contribution in [-0.2, 0) is 10.8 Å². The molecule has 4 heteroatoms. The summed E-state index contributed by atoms with van der Waals surface area (Å²) < 4.78 is 5.11. The van der Waals surface area contributed by atoms with Crippen molar-refractivity contribution in [1.82, 2.24) is 9.13 Å². The number of nitrogens with zero attached hydrogens (tertiary/aromatic N) is 3. The van der Waals surface area contributed by atoms with E-state index in [-0.39, 0.29) is 17.5 Å². The van der Waals surface area contributed by atoms with Crippen LogP contribution in [0.3, 0.4) is 0 Å². The first-order valence-electron chi connectivity index (χ1n) is 25.5. The first-order chi connectivity index (χ1) is 35.0. The zero-order valence-electron chi connectivity index (χ0n) is 41.7. The summed E-state index contributed by atoms with van der Waals surface area (Å²) in [6.07, 6.45) is 0. The van der Waals surface area contributed by atoms with Gasteiger partial charge in [0.05, 0.1) is 22.2 Å². The molecular formula is C68H54BN3.